The van der Waals surface area contributed by atoms with Crippen molar-refractivity contribution in [1.82, 2.24) is 0 Å². The van der Waals surface area contributed by atoms with Gasteiger partial charge in [-0.2, -0.15) is 0 Å². The van der Waals surface area contributed by atoms with Crippen molar-refractivity contribution in [3.63, 3.8) is 0 Å². The van der Waals surface area contributed by atoms with Crippen LogP contribution >= 0.6 is 0 Å². The van der Waals surface area contributed by atoms with Crippen LogP contribution in [0.4, 0.5) is 0 Å². The standard InChI is InChI=1S/C10H17NO3/c1-3-10(13)14-8(2)6-4-5-7-9(11)12/h3,8H,1,4-7H2,2H3,(H2,11,12). The molecule has 0 aliphatic heterocycles. The van der Waals surface area contributed by atoms with E-state index in [1.165, 1.54) is 0 Å². The molecule has 1 amide bonds. The van der Waals surface area contributed by atoms with Crippen LogP contribution in [-0.4, -0.2) is 18.0 Å². The highest BCUT2D eigenvalue weighted by molar-refractivity contribution is 5.81. The zero-order valence-corrected chi connectivity index (χ0v) is 8.49. The molecule has 0 aromatic carbocycles. The minimum absolute atomic E-state index is 0.131. The number of carbonyl (C=O) groups excluding carboxylic acids is 2. The summed E-state index contributed by atoms with van der Waals surface area (Å²) in [5.74, 6) is -0.701. The molecule has 14 heavy (non-hydrogen) atoms. The summed E-state index contributed by atoms with van der Waals surface area (Å²) in [6.07, 6.45) is 3.71. The van der Waals surface area contributed by atoms with Gasteiger partial charge in [0.1, 0.15) is 0 Å². The summed E-state index contributed by atoms with van der Waals surface area (Å²) < 4.78 is 4.93. The summed E-state index contributed by atoms with van der Waals surface area (Å²) in [6, 6.07) is 0. The van der Waals surface area contributed by atoms with Crippen molar-refractivity contribution >= 4 is 11.9 Å². The largest absolute Gasteiger partial charge is 0.460 e. The molecule has 0 saturated heterocycles. The molecule has 0 rings (SSSR count). The van der Waals surface area contributed by atoms with E-state index < -0.39 is 5.97 Å². The topological polar surface area (TPSA) is 69.4 Å². The highest BCUT2D eigenvalue weighted by atomic mass is 16.5. The Labute approximate surface area is 84.1 Å². The summed E-state index contributed by atoms with van der Waals surface area (Å²) in [4.78, 5) is 21.1. The predicted octanol–water partition coefficient (Wildman–Crippen LogP) is 1.15. The molecule has 2 N–H and O–H groups in total. The Morgan fingerprint density at radius 1 is 1.50 bits per heavy atom. The van der Waals surface area contributed by atoms with E-state index in [-0.39, 0.29) is 12.0 Å². The van der Waals surface area contributed by atoms with Crippen LogP contribution in [0.15, 0.2) is 12.7 Å². The Bertz CT molecular complexity index is 213. The second-order valence-electron chi connectivity index (χ2n) is 3.16. The third kappa shape index (κ3) is 7.34. The quantitative estimate of drug-likeness (QED) is 0.380. The van der Waals surface area contributed by atoms with Crippen molar-refractivity contribution in [1.29, 1.82) is 0 Å². The lowest BCUT2D eigenvalue weighted by Gasteiger charge is -2.10. The molecule has 80 valence electrons. The van der Waals surface area contributed by atoms with Gasteiger partial charge in [0.15, 0.2) is 0 Å². The van der Waals surface area contributed by atoms with Gasteiger partial charge in [0.25, 0.3) is 0 Å². The number of hydrogen-bond donors (Lipinski definition) is 1. The molecule has 0 aliphatic rings. The molecule has 0 aromatic rings. The van der Waals surface area contributed by atoms with Gasteiger partial charge in [-0.3, -0.25) is 4.79 Å². The molecular formula is C10H17NO3. The summed E-state index contributed by atoms with van der Waals surface area (Å²) >= 11 is 0. The lowest BCUT2D eigenvalue weighted by atomic mass is 10.1. The molecule has 0 fully saturated rings. The number of ether oxygens (including phenoxy) is 1. The van der Waals surface area contributed by atoms with Crippen LogP contribution in [0.2, 0.25) is 0 Å². The molecule has 0 bridgehead atoms. The first-order valence-corrected chi connectivity index (χ1v) is 4.67. The summed E-state index contributed by atoms with van der Waals surface area (Å²) in [5.41, 5.74) is 4.97. The molecule has 0 radical (unpaired) electrons. The van der Waals surface area contributed by atoms with Crippen LogP contribution in [0.25, 0.3) is 0 Å². The Balaban J connectivity index is 3.44. The first-order chi connectivity index (χ1) is 6.56. The van der Waals surface area contributed by atoms with E-state index in [9.17, 15) is 9.59 Å². The minimum atomic E-state index is -0.410. The molecular weight excluding hydrogens is 182 g/mol. The van der Waals surface area contributed by atoms with Crippen LogP contribution in [-0.2, 0) is 14.3 Å². The van der Waals surface area contributed by atoms with Crippen molar-refractivity contribution in [2.45, 2.75) is 38.7 Å². The highest BCUT2D eigenvalue weighted by Crippen LogP contribution is 2.06. The maximum Gasteiger partial charge on any atom is 0.330 e. The first kappa shape index (κ1) is 12.7. The van der Waals surface area contributed by atoms with E-state index in [0.717, 1.165) is 25.3 Å². The average Bonchev–Trinajstić information content (AvgIpc) is 2.12. The Hall–Kier alpha value is -1.32. The molecule has 0 saturated carbocycles. The Kier molecular flexibility index (Phi) is 6.45. The Morgan fingerprint density at radius 2 is 2.14 bits per heavy atom. The second kappa shape index (κ2) is 7.12. The van der Waals surface area contributed by atoms with E-state index >= 15 is 0 Å². The number of carbonyl (C=O) groups is 2. The van der Waals surface area contributed by atoms with Gasteiger partial charge in [0.2, 0.25) is 5.91 Å². The number of esters is 1. The van der Waals surface area contributed by atoms with Crippen LogP contribution in [0.1, 0.15) is 32.6 Å². The average molecular weight is 199 g/mol. The molecule has 0 heterocycles. The zero-order valence-electron chi connectivity index (χ0n) is 8.49. The third-order valence-electron chi connectivity index (χ3n) is 1.77. The lowest BCUT2D eigenvalue weighted by Crippen LogP contribution is -2.13. The summed E-state index contributed by atoms with van der Waals surface area (Å²) in [6.45, 7) is 5.11. The van der Waals surface area contributed by atoms with Crippen molar-refractivity contribution in [2.24, 2.45) is 5.73 Å². The first-order valence-electron chi connectivity index (χ1n) is 4.67. The summed E-state index contributed by atoms with van der Waals surface area (Å²) in [5, 5.41) is 0. The monoisotopic (exact) mass is 199 g/mol. The maximum atomic E-state index is 10.7. The smallest absolute Gasteiger partial charge is 0.330 e. The van der Waals surface area contributed by atoms with Gasteiger partial charge < -0.3 is 10.5 Å². The zero-order chi connectivity index (χ0) is 11.0. The predicted molar refractivity (Wildman–Crippen MR) is 53.4 cm³/mol. The van der Waals surface area contributed by atoms with Crippen LogP contribution in [0.3, 0.4) is 0 Å². The molecule has 4 heteroatoms. The number of hydrogen-bond acceptors (Lipinski definition) is 3. The fourth-order valence-corrected chi connectivity index (χ4v) is 1.04. The van der Waals surface area contributed by atoms with Crippen molar-refractivity contribution in [3.8, 4) is 0 Å². The molecule has 4 nitrogen and oxygen atoms in total. The summed E-state index contributed by atoms with van der Waals surface area (Å²) in [7, 11) is 0. The number of nitrogens with two attached hydrogens (primary N) is 1. The fourth-order valence-electron chi connectivity index (χ4n) is 1.04. The number of rotatable bonds is 7. The van der Waals surface area contributed by atoms with Crippen molar-refractivity contribution in [2.75, 3.05) is 0 Å². The molecule has 0 aliphatic carbocycles. The van der Waals surface area contributed by atoms with Crippen molar-refractivity contribution in [3.05, 3.63) is 12.7 Å². The number of primary amides is 1. The van der Waals surface area contributed by atoms with E-state index in [2.05, 4.69) is 6.58 Å². The van der Waals surface area contributed by atoms with Crippen LogP contribution < -0.4 is 5.73 Å². The fraction of sp³-hybridized carbons (Fsp3) is 0.600. The van der Waals surface area contributed by atoms with Gasteiger partial charge >= 0.3 is 5.97 Å². The van der Waals surface area contributed by atoms with Gasteiger partial charge in [-0.05, 0) is 26.2 Å². The number of amides is 1. The molecule has 1 unspecified atom stereocenters. The molecule has 0 spiro atoms. The van der Waals surface area contributed by atoms with Gasteiger partial charge in [-0.1, -0.05) is 6.58 Å². The lowest BCUT2D eigenvalue weighted by molar-refractivity contribution is -0.142. The van der Waals surface area contributed by atoms with E-state index in [1.807, 2.05) is 6.92 Å². The highest BCUT2D eigenvalue weighted by Gasteiger charge is 2.05. The van der Waals surface area contributed by atoms with E-state index in [4.69, 9.17) is 10.5 Å². The normalized spacial score (nSPS) is 11.8. The molecule has 0 aromatic heterocycles. The Morgan fingerprint density at radius 3 is 2.64 bits per heavy atom. The van der Waals surface area contributed by atoms with Gasteiger partial charge in [0, 0.05) is 12.5 Å². The van der Waals surface area contributed by atoms with Crippen molar-refractivity contribution < 1.29 is 14.3 Å². The third-order valence-corrected chi connectivity index (χ3v) is 1.77. The maximum absolute atomic E-state index is 10.7. The SMILES string of the molecule is C=CC(=O)OC(C)CCCCC(N)=O. The van der Waals surface area contributed by atoms with E-state index in [1.54, 1.807) is 0 Å². The minimum Gasteiger partial charge on any atom is -0.460 e. The van der Waals surface area contributed by atoms with Crippen LogP contribution in [0, 0.1) is 0 Å². The second-order valence-corrected chi connectivity index (χ2v) is 3.16. The van der Waals surface area contributed by atoms with Gasteiger partial charge in [-0.25, -0.2) is 4.79 Å². The number of unbranched alkanes of at least 4 members (excludes halogenated alkanes) is 1. The van der Waals surface area contributed by atoms with E-state index in [0.29, 0.717) is 6.42 Å². The molecule has 1 atom stereocenters. The van der Waals surface area contributed by atoms with Gasteiger partial charge in [-0.15, -0.1) is 0 Å². The van der Waals surface area contributed by atoms with Gasteiger partial charge in [0.05, 0.1) is 6.10 Å². The van der Waals surface area contributed by atoms with Crippen LogP contribution in [0.5, 0.6) is 0 Å².